The fourth-order valence-corrected chi connectivity index (χ4v) is 6.94. The molecule has 2 unspecified atom stereocenters. The van der Waals surface area contributed by atoms with E-state index in [4.69, 9.17) is 0 Å². The number of hydrogen-bond acceptors (Lipinski definition) is 2. The van der Waals surface area contributed by atoms with Crippen LogP contribution < -0.4 is 0 Å². The lowest BCUT2D eigenvalue weighted by Crippen LogP contribution is -2.48. The van der Waals surface area contributed by atoms with Gasteiger partial charge < -0.3 is 10.2 Å². The maximum Gasteiger partial charge on any atom is 0.115 e. The topological polar surface area (TPSA) is 40.5 Å². The summed E-state index contributed by atoms with van der Waals surface area (Å²) >= 11 is 0. The first-order valence-corrected chi connectivity index (χ1v) is 13.8. The van der Waals surface area contributed by atoms with Crippen molar-refractivity contribution in [1.29, 1.82) is 0 Å². The maximum absolute atomic E-state index is 10.2. The van der Waals surface area contributed by atoms with Gasteiger partial charge in [0.25, 0.3) is 0 Å². The van der Waals surface area contributed by atoms with Gasteiger partial charge in [0, 0.05) is 5.41 Å². The van der Waals surface area contributed by atoms with Gasteiger partial charge in [0.2, 0.25) is 0 Å². The van der Waals surface area contributed by atoms with Crippen molar-refractivity contribution in [2.75, 3.05) is 0 Å². The van der Waals surface area contributed by atoms with Crippen LogP contribution in [-0.4, -0.2) is 10.2 Å². The molecule has 196 valence electrons. The molecule has 5 rings (SSSR count). The smallest absolute Gasteiger partial charge is 0.115 e. The number of hydrogen-bond donors (Lipinski definition) is 2. The zero-order chi connectivity index (χ0) is 27.0. The Labute approximate surface area is 228 Å². The summed E-state index contributed by atoms with van der Waals surface area (Å²) in [6.07, 6.45) is 3.11. The first kappa shape index (κ1) is 26.1. The van der Waals surface area contributed by atoms with Crippen molar-refractivity contribution < 1.29 is 10.2 Å². The van der Waals surface area contributed by atoms with Crippen LogP contribution in [0.4, 0.5) is 0 Å². The predicted octanol–water partition coefficient (Wildman–Crippen LogP) is 8.76. The van der Waals surface area contributed by atoms with Gasteiger partial charge in [-0.3, -0.25) is 0 Å². The molecule has 2 N–H and O–H groups in total. The number of rotatable bonds is 6. The summed E-state index contributed by atoms with van der Waals surface area (Å²) in [4.78, 5) is 0. The second-order valence-corrected chi connectivity index (χ2v) is 12.4. The molecule has 1 aliphatic carbocycles. The van der Waals surface area contributed by atoms with Crippen LogP contribution >= 0.6 is 0 Å². The predicted molar refractivity (Wildman–Crippen MR) is 157 cm³/mol. The Bertz CT molecular complexity index is 1230. The summed E-state index contributed by atoms with van der Waals surface area (Å²) in [5.74, 6) is 1.39. The summed E-state index contributed by atoms with van der Waals surface area (Å²) in [5, 5.41) is 20.3. The first-order valence-electron chi connectivity index (χ1n) is 13.8. The molecule has 0 bridgehead atoms. The molecule has 0 aromatic heterocycles. The number of phenols is 2. The standard InChI is InChI=1S/C36H40O2/c1-34(2,26-11-7-5-8-12-26)30-23-31(35(3,4)27-13-9-6-10-14-27)25-36(24-30,28-15-19-32(37)20-16-28)29-17-21-33(38)22-18-29/h5-22,30-31,37-38H,23-25H2,1-4H3. The van der Waals surface area contributed by atoms with Gasteiger partial charge in [-0.15, -0.1) is 0 Å². The second kappa shape index (κ2) is 9.98. The number of benzene rings is 4. The molecular formula is C36H40O2. The van der Waals surface area contributed by atoms with E-state index in [2.05, 4.69) is 113 Å². The van der Waals surface area contributed by atoms with Crippen molar-refractivity contribution in [2.24, 2.45) is 11.8 Å². The van der Waals surface area contributed by atoms with Gasteiger partial charge >= 0.3 is 0 Å². The highest BCUT2D eigenvalue weighted by Crippen LogP contribution is 2.57. The Hall–Kier alpha value is -3.52. The molecule has 1 fully saturated rings. The van der Waals surface area contributed by atoms with Crippen molar-refractivity contribution in [3.8, 4) is 11.5 Å². The third-order valence-corrected chi connectivity index (χ3v) is 9.68. The highest BCUT2D eigenvalue weighted by atomic mass is 16.3. The van der Waals surface area contributed by atoms with Gasteiger partial charge in [0.15, 0.2) is 0 Å². The van der Waals surface area contributed by atoms with Crippen LogP contribution in [0.25, 0.3) is 0 Å². The van der Waals surface area contributed by atoms with E-state index in [1.807, 2.05) is 24.3 Å². The quantitative estimate of drug-likeness (QED) is 0.275. The van der Waals surface area contributed by atoms with Crippen molar-refractivity contribution in [1.82, 2.24) is 0 Å². The van der Waals surface area contributed by atoms with E-state index < -0.39 is 0 Å². The van der Waals surface area contributed by atoms with Crippen LogP contribution in [0.15, 0.2) is 109 Å². The molecule has 0 aliphatic heterocycles. The number of phenolic OH excluding ortho intramolecular Hbond substituents is 2. The molecule has 1 saturated carbocycles. The highest BCUT2D eigenvalue weighted by molar-refractivity contribution is 5.45. The molecule has 0 amide bonds. The summed E-state index contributed by atoms with van der Waals surface area (Å²) in [7, 11) is 0. The van der Waals surface area contributed by atoms with Gasteiger partial charge in [0.05, 0.1) is 0 Å². The van der Waals surface area contributed by atoms with E-state index in [0.717, 1.165) is 19.3 Å². The zero-order valence-electron chi connectivity index (χ0n) is 23.1. The lowest BCUT2D eigenvalue weighted by atomic mass is 9.50. The molecule has 4 aromatic carbocycles. The van der Waals surface area contributed by atoms with Crippen molar-refractivity contribution in [3.05, 3.63) is 131 Å². The first-order chi connectivity index (χ1) is 18.1. The average Bonchev–Trinajstić information content (AvgIpc) is 2.94. The summed E-state index contributed by atoms with van der Waals surface area (Å²) in [5.41, 5.74) is 4.86. The maximum atomic E-state index is 10.2. The minimum Gasteiger partial charge on any atom is -0.508 e. The van der Waals surface area contributed by atoms with E-state index in [1.165, 1.54) is 22.3 Å². The molecule has 0 radical (unpaired) electrons. The highest BCUT2D eigenvalue weighted by Gasteiger charge is 2.51. The monoisotopic (exact) mass is 504 g/mol. The molecule has 2 atom stereocenters. The Balaban J connectivity index is 1.71. The van der Waals surface area contributed by atoms with Crippen LogP contribution in [0.1, 0.15) is 69.2 Å². The SMILES string of the molecule is CC(C)(c1ccccc1)C1CC(C(C)(C)c2ccccc2)CC(c2ccc(O)cc2)(c2ccc(O)cc2)C1. The average molecular weight is 505 g/mol. The van der Waals surface area contributed by atoms with E-state index in [-0.39, 0.29) is 27.7 Å². The van der Waals surface area contributed by atoms with Gasteiger partial charge in [-0.2, -0.15) is 0 Å². The van der Waals surface area contributed by atoms with Crippen LogP contribution in [0.5, 0.6) is 11.5 Å². The minimum absolute atomic E-state index is 0.0359. The van der Waals surface area contributed by atoms with Gasteiger partial charge in [0.1, 0.15) is 11.5 Å². The van der Waals surface area contributed by atoms with E-state index in [0.29, 0.717) is 11.8 Å². The lowest BCUT2D eigenvalue weighted by molar-refractivity contribution is 0.0897. The molecule has 4 aromatic rings. The lowest BCUT2D eigenvalue weighted by Gasteiger charge is -2.54. The van der Waals surface area contributed by atoms with Crippen molar-refractivity contribution in [3.63, 3.8) is 0 Å². The molecule has 0 spiro atoms. The Kier molecular flexibility index (Phi) is 6.86. The zero-order valence-corrected chi connectivity index (χ0v) is 23.1. The third-order valence-electron chi connectivity index (χ3n) is 9.68. The molecular weight excluding hydrogens is 464 g/mol. The molecule has 38 heavy (non-hydrogen) atoms. The van der Waals surface area contributed by atoms with Crippen LogP contribution in [-0.2, 0) is 16.2 Å². The van der Waals surface area contributed by atoms with Gasteiger partial charge in [-0.25, -0.2) is 0 Å². The van der Waals surface area contributed by atoms with Crippen molar-refractivity contribution >= 4 is 0 Å². The summed E-state index contributed by atoms with van der Waals surface area (Å²) < 4.78 is 0. The third kappa shape index (κ3) is 4.73. The van der Waals surface area contributed by atoms with Crippen LogP contribution in [0.2, 0.25) is 0 Å². The Morgan fingerprint density at radius 3 is 1.21 bits per heavy atom. The van der Waals surface area contributed by atoms with E-state index in [9.17, 15) is 10.2 Å². The summed E-state index contributed by atoms with van der Waals surface area (Å²) in [6, 6.07) is 37.6. The van der Waals surface area contributed by atoms with Gasteiger partial charge in [-0.05, 0) is 88.4 Å². The molecule has 0 heterocycles. The normalized spacial score (nSPS) is 19.7. The largest absolute Gasteiger partial charge is 0.508 e. The Morgan fingerprint density at radius 1 is 0.526 bits per heavy atom. The van der Waals surface area contributed by atoms with Crippen LogP contribution in [0, 0.1) is 11.8 Å². The van der Waals surface area contributed by atoms with Crippen LogP contribution in [0.3, 0.4) is 0 Å². The summed E-state index contributed by atoms with van der Waals surface area (Å²) in [6.45, 7) is 9.62. The number of aromatic hydroxyl groups is 2. The molecule has 2 heteroatoms. The van der Waals surface area contributed by atoms with Gasteiger partial charge in [-0.1, -0.05) is 113 Å². The van der Waals surface area contributed by atoms with E-state index >= 15 is 0 Å². The molecule has 1 aliphatic rings. The fourth-order valence-electron chi connectivity index (χ4n) is 6.94. The fraction of sp³-hybridized carbons (Fsp3) is 0.333. The minimum atomic E-state index is -0.257. The van der Waals surface area contributed by atoms with E-state index in [1.54, 1.807) is 0 Å². The van der Waals surface area contributed by atoms with Crippen molar-refractivity contribution in [2.45, 2.75) is 63.2 Å². The molecule has 2 nitrogen and oxygen atoms in total. The Morgan fingerprint density at radius 2 is 0.868 bits per heavy atom. The second-order valence-electron chi connectivity index (χ2n) is 12.4. The molecule has 0 saturated heterocycles.